The Labute approximate surface area is 218 Å². The van der Waals surface area contributed by atoms with Crippen molar-refractivity contribution in [1.29, 1.82) is 0 Å². The number of anilines is 3. The van der Waals surface area contributed by atoms with E-state index in [1.54, 1.807) is 12.1 Å². The highest BCUT2D eigenvalue weighted by atomic mass is 35.5. The number of nitrogens with zero attached hydrogens (tertiary/aromatic N) is 5. The van der Waals surface area contributed by atoms with Crippen LogP contribution >= 0.6 is 11.6 Å². The van der Waals surface area contributed by atoms with Crippen LogP contribution in [0.4, 0.5) is 23.5 Å². The fourth-order valence-electron chi connectivity index (χ4n) is 3.21. The molecule has 0 atom stereocenters. The van der Waals surface area contributed by atoms with Crippen molar-refractivity contribution < 1.29 is 9.34 Å². The minimum Gasteiger partial charge on any atom is -0.455 e. The summed E-state index contributed by atoms with van der Waals surface area (Å²) in [7, 11) is 0. The summed E-state index contributed by atoms with van der Waals surface area (Å²) >= 11 is 6.20. The SMILES string of the molecule is CC(C)(C)Nc1nc(NCc2ccccc2)nc(N/N=C\c2ccc(-c3ccc([N+](=O)[O-])cc3Cl)o2)n1. The second kappa shape index (κ2) is 11.0. The zero-order valence-corrected chi connectivity index (χ0v) is 21.2. The van der Waals surface area contributed by atoms with Crippen LogP contribution in [0.3, 0.4) is 0 Å². The van der Waals surface area contributed by atoms with Gasteiger partial charge in [-0.1, -0.05) is 41.9 Å². The lowest BCUT2D eigenvalue weighted by Crippen LogP contribution is -2.28. The Kier molecular flexibility index (Phi) is 7.63. The maximum Gasteiger partial charge on any atom is 0.270 e. The van der Waals surface area contributed by atoms with Gasteiger partial charge in [0.15, 0.2) is 0 Å². The van der Waals surface area contributed by atoms with Gasteiger partial charge in [-0.15, -0.1) is 0 Å². The predicted molar refractivity (Wildman–Crippen MR) is 144 cm³/mol. The van der Waals surface area contributed by atoms with E-state index in [2.05, 4.69) is 36.1 Å². The summed E-state index contributed by atoms with van der Waals surface area (Å²) in [5, 5.41) is 21.8. The average molecular weight is 521 g/mol. The van der Waals surface area contributed by atoms with Crippen molar-refractivity contribution in [1.82, 2.24) is 15.0 Å². The molecule has 0 bridgehead atoms. The number of hydrogen-bond donors (Lipinski definition) is 3. The number of hydrogen-bond acceptors (Lipinski definition) is 10. The molecule has 0 aliphatic rings. The molecule has 0 saturated carbocycles. The predicted octanol–water partition coefficient (Wildman–Crippen LogP) is 5.96. The zero-order valence-electron chi connectivity index (χ0n) is 20.4. The number of furan rings is 1. The van der Waals surface area contributed by atoms with Crippen LogP contribution in [0.2, 0.25) is 5.02 Å². The summed E-state index contributed by atoms with van der Waals surface area (Å²) in [4.78, 5) is 23.7. The van der Waals surface area contributed by atoms with Gasteiger partial charge in [0.25, 0.3) is 5.69 Å². The molecule has 0 saturated heterocycles. The van der Waals surface area contributed by atoms with Crippen molar-refractivity contribution in [2.45, 2.75) is 32.9 Å². The summed E-state index contributed by atoms with van der Waals surface area (Å²) in [5.41, 5.74) is 4.06. The van der Waals surface area contributed by atoms with Crippen molar-refractivity contribution in [3.63, 3.8) is 0 Å². The molecule has 37 heavy (non-hydrogen) atoms. The monoisotopic (exact) mass is 520 g/mol. The summed E-state index contributed by atoms with van der Waals surface area (Å²) in [6.45, 7) is 6.56. The largest absolute Gasteiger partial charge is 0.455 e. The number of nitro benzene ring substituents is 1. The van der Waals surface area contributed by atoms with Crippen molar-refractivity contribution in [2.24, 2.45) is 5.10 Å². The number of halogens is 1. The van der Waals surface area contributed by atoms with Crippen LogP contribution in [0.15, 0.2) is 70.2 Å². The molecule has 0 aliphatic carbocycles. The molecule has 190 valence electrons. The first-order chi connectivity index (χ1) is 17.7. The number of hydrazone groups is 1. The lowest BCUT2D eigenvalue weighted by molar-refractivity contribution is -0.384. The Balaban J connectivity index is 1.48. The normalized spacial score (nSPS) is 11.5. The Bertz CT molecular complexity index is 1420. The lowest BCUT2D eigenvalue weighted by atomic mass is 10.1. The Hall–Kier alpha value is -4.51. The van der Waals surface area contributed by atoms with E-state index in [9.17, 15) is 10.1 Å². The summed E-state index contributed by atoms with van der Waals surface area (Å²) in [6.07, 6.45) is 1.46. The Morgan fingerprint density at radius 1 is 1.03 bits per heavy atom. The molecule has 0 aliphatic heterocycles. The van der Waals surface area contributed by atoms with Crippen LogP contribution in [0, 0.1) is 10.1 Å². The van der Waals surface area contributed by atoms with E-state index in [0.717, 1.165) is 5.56 Å². The molecule has 2 heterocycles. The fourth-order valence-corrected chi connectivity index (χ4v) is 3.48. The number of rotatable bonds is 9. The minimum absolute atomic E-state index is 0.0957. The van der Waals surface area contributed by atoms with E-state index < -0.39 is 4.92 Å². The van der Waals surface area contributed by atoms with Gasteiger partial charge in [-0.25, -0.2) is 5.43 Å². The smallest absolute Gasteiger partial charge is 0.270 e. The lowest BCUT2D eigenvalue weighted by Gasteiger charge is -2.20. The molecule has 0 fully saturated rings. The van der Waals surface area contributed by atoms with Gasteiger partial charge in [0.2, 0.25) is 17.8 Å². The third-order valence-electron chi connectivity index (χ3n) is 4.83. The molecule has 4 rings (SSSR count). The summed E-state index contributed by atoms with van der Waals surface area (Å²) in [5.74, 6) is 1.89. The molecule has 3 N–H and O–H groups in total. The first-order valence-corrected chi connectivity index (χ1v) is 11.7. The van der Waals surface area contributed by atoms with Gasteiger partial charge in [-0.3, -0.25) is 10.1 Å². The second-order valence-electron chi connectivity index (χ2n) is 9.01. The quantitative estimate of drug-likeness (QED) is 0.138. The molecule has 0 spiro atoms. The fraction of sp³-hybridized carbons (Fsp3) is 0.200. The molecular weight excluding hydrogens is 496 g/mol. The molecule has 4 aromatic rings. The van der Waals surface area contributed by atoms with Gasteiger partial charge in [-0.2, -0.15) is 20.1 Å². The van der Waals surface area contributed by atoms with E-state index in [1.165, 1.54) is 24.4 Å². The molecule has 2 aromatic heterocycles. The molecule has 2 aromatic carbocycles. The van der Waals surface area contributed by atoms with Crippen molar-refractivity contribution in [3.05, 3.63) is 87.1 Å². The molecule has 0 unspecified atom stereocenters. The van der Waals surface area contributed by atoms with E-state index in [0.29, 0.717) is 35.5 Å². The third-order valence-corrected chi connectivity index (χ3v) is 5.14. The van der Waals surface area contributed by atoms with Crippen LogP contribution in [0.5, 0.6) is 0 Å². The third kappa shape index (κ3) is 7.24. The van der Waals surface area contributed by atoms with Crippen molar-refractivity contribution in [3.8, 4) is 11.3 Å². The van der Waals surface area contributed by atoms with Crippen LogP contribution in [0.25, 0.3) is 11.3 Å². The molecule has 11 nitrogen and oxygen atoms in total. The molecule has 0 radical (unpaired) electrons. The number of benzene rings is 2. The highest BCUT2D eigenvalue weighted by Crippen LogP contribution is 2.32. The van der Waals surface area contributed by atoms with Gasteiger partial charge in [0.05, 0.1) is 16.2 Å². The van der Waals surface area contributed by atoms with E-state index in [-0.39, 0.29) is 22.2 Å². The Morgan fingerprint density at radius 2 is 1.76 bits per heavy atom. The van der Waals surface area contributed by atoms with Crippen LogP contribution in [-0.4, -0.2) is 31.6 Å². The minimum atomic E-state index is -0.506. The second-order valence-corrected chi connectivity index (χ2v) is 9.42. The molecule has 0 amide bonds. The van der Waals surface area contributed by atoms with E-state index >= 15 is 0 Å². The number of nitro groups is 1. The highest BCUT2D eigenvalue weighted by molar-refractivity contribution is 6.33. The van der Waals surface area contributed by atoms with Gasteiger partial charge in [0.1, 0.15) is 11.5 Å². The molecule has 12 heteroatoms. The topological polar surface area (TPSA) is 143 Å². The summed E-state index contributed by atoms with van der Waals surface area (Å²) in [6, 6.07) is 17.5. The highest BCUT2D eigenvalue weighted by Gasteiger charge is 2.15. The van der Waals surface area contributed by atoms with Crippen molar-refractivity contribution in [2.75, 3.05) is 16.1 Å². The summed E-state index contributed by atoms with van der Waals surface area (Å²) < 4.78 is 5.77. The van der Waals surface area contributed by atoms with Crippen LogP contribution < -0.4 is 16.1 Å². The van der Waals surface area contributed by atoms with Gasteiger partial charge >= 0.3 is 0 Å². The standard InChI is InChI=1S/C25H25ClN8O3/c1-25(2,3)32-23-29-22(27-14-16-7-5-4-6-8-16)30-24(31-23)33-28-15-18-10-12-21(37-18)19-11-9-17(34(35)36)13-20(19)26/h4-13,15H,14H2,1-3H3,(H3,27,29,30,31,32,33)/b28-15-. The van der Waals surface area contributed by atoms with E-state index in [1.807, 2.05) is 51.1 Å². The van der Waals surface area contributed by atoms with Crippen molar-refractivity contribution >= 4 is 41.3 Å². The maximum absolute atomic E-state index is 10.9. The average Bonchev–Trinajstić information content (AvgIpc) is 3.30. The van der Waals surface area contributed by atoms with Gasteiger partial charge in [0, 0.05) is 29.8 Å². The number of aromatic nitrogens is 3. The Morgan fingerprint density at radius 3 is 2.46 bits per heavy atom. The first-order valence-electron chi connectivity index (χ1n) is 11.3. The molecular formula is C25H25ClN8O3. The zero-order chi connectivity index (χ0) is 26.4. The number of nitrogens with one attached hydrogen (secondary N) is 3. The van der Waals surface area contributed by atoms with Crippen LogP contribution in [0.1, 0.15) is 32.1 Å². The van der Waals surface area contributed by atoms with Crippen LogP contribution in [-0.2, 0) is 6.54 Å². The van der Waals surface area contributed by atoms with E-state index in [4.69, 9.17) is 16.0 Å². The maximum atomic E-state index is 10.9. The first kappa shape index (κ1) is 25.6. The van der Waals surface area contributed by atoms with Gasteiger partial charge < -0.3 is 15.1 Å². The number of non-ortho nitro benzene ring substituents is 1. The van der Waals surface area contributed by atoms with Gasteiger partial charge in [-0.05, 0) is 44.5 Å².